The summed E-state index contributed by atoms with van der Waals surface area (Å²) in [7, 11) is 0. The van der Waals surface area contributed by atoms with Crippen LogP contribution < -0.4 is 15.1 Å². The number of nitrogens with zero attached hydrogens (tertiary/aromatic N) is 5. The smallest absolute Gasteiger partial charge is 0.227 e. The summed E-state index contributed by atoms with van der Waals surface area (Å²) >= 11 is 0. The lowest BCUT2D eigenvalue weighted by Gasteiger charge is -2.34. The number of anilines is 3. The van der Waals surface area contributed by atoms with Crippen LogP contribution in [0.1, 0.15) is 18.4 Å². The van der Waals surface area contributed by atoms with Gasteiger partial charge in [0.25, 0.3) is 0 Å². The summed E-state index contributed by atoms with van der Waals surface area (Å²) in [5.74, 6) is 1.67. The van der Waals surface area contributed by atoms with Gasteiger partial charge in [0, 0.05) is 44.1 Å². The van der Waals surface area contributed by atoms with Gasteiger partial charge in [-0.15, -0.1) is 0 Å². The Morgan fingerprint density at radius 3 is 2.44 bits per heavy atom. The zero-order chi connectivity index (χ0) is 18.5. The predicted octanol–water partition coefficient (Wildman–Crippen LogP) is 2.27. The SMILES string of the molecule is N#Cc1ccc(N2CCC(Nc3ccnc(N4CCOCC4)n3)CC2)cc1. The minimum absolute atomic E-state index is 0.409. The molecular formula is C20H24N6O. The lowest BCUT2D eigenvalue weighted by Crippen LogP contribution is -2.39. The maximum atomic E-state index is 8.92. The number of rotatable bonds is 4. The van der Waals surface area contributed by atoms with Gasteiger partial charge in [-0.05, 0) is 43.2 Å². The number of hydrogen-bond donors (Lipinski definition) is 1. The summed E-state index contributed by atoms with van der Waals surface area (Å²) in [5.41, 5.74) is 1.89. The van der Waals surface area contributed by atoms with Crippen LogP contribution in [0.5, 0.6) is 0 Å². The second-order valence-corrected chi connectivity index (χ2v) is 6.91. The van der Waals surface area contributed by atoms with Crippen LogP contribution in [0.15, 0.2) is 36.5 Å². The van der Waals surface area contributed by atoms with Crippen LogP contribution >= 0.6 is 0 Å². The van der Waals surface area contributed by atoms with Crippen LogP contribution in [0.2, 0.25) is 0 Å². The summed E-state index contributed by atoms with van der Waals surface area (Å²) < 4.78 is 5.40. The van der Waals surface area contributed by atoms with Crippen molar-refractivity contribution in [3.8, 4) is 6.07 Å². The molecule has 2 aromatic rings. The van der Waals surface area contributed by atoms with Crippen molar-refractivity contribution in [2.45, 2.75) is 18.9 Å². The molecule has 0 saturated carbocycles. The first-order valence-corrected chi connectivity index (χ1v) is 9.49. The Kier molecular flexibility index (Phi) is 5.35. The number of nitrogens with one attached hydrogen (secondary N) is 1. The zero-order valence-electron chi connectivity index (χ0n) is 15.3. The average Bonchev–Trinajstić information content (AvgIpc) is 2.75. The van der Waals surface area contributed by atoms with E-state index in [4.69, 9.17) is 15.0 Å². The first kappa shape index (κ1) is 17.6. The Bertz CT molecular complexity index is 789. The van der Waals surface area contributed by atoms with Crippen LogP contribution in [0, 0.1) is 11.3 Å². The van der Waals surface area contributed by atoms with E-state index in [1.54, 1.807) is 0 Å². The third-order valence-corrected chi connectivity index (χ3v) is 5.15. The minimum Gasteiger partial charge on any atom is -0.378 e. The van der Waals surface area contributed by atoms with Gasteiger partial charge in [-0.3, -0.25) is 0 Å². The highest BCUT2D eigenvalue weighted by atomic mass is 16.5. The molecule has 0 spiro atoms. The van der Waals surface area contributed by atoms with Gasteiger partial charge in [0.1, 0.15) is 5.82 Å². The number of nitriles is 1. The van der Waals surface area contributed by atoms with Gasteiger partial charge >= 0.3 is 0 Å². The fourth-order valence-electron chi connectivity index (χ4n) is 3.58. The molecule has 0 radical (unpaired) electrons. The second kappa shape index (κ2) is 8.23. The van der Waals surface area contributed by atoms with E-state index >= 15 is 0 Å². The van der Waals surface area contributed by atoms with Crippen LogP contribution in [0.4, 0.5) is 17.5 Å². The van der Waals surface area contributed by atoms with Gasteiger partial charge in [0.15, 0.2) is 0 Å². The van der Waals surface area contributed by atoms with Crippen molar-refractivity contribution in [3.05, 3.63) is 42.1 Å². The highest BCUT2D eigenvalue weighted by Gasteiger charge is 2.20. The van der Waals surface area contributed by atoms with Gasteiger partial charge in [0.05, 0.1) is 24.8 Å². The van der Waals surface area contributed by atoms with Crippen molar-refractivity contribution in [2.75, 3.05) is 54.5 Å². The molecule has 0 unspecified atom stereocenters. The highest BCUT2D eigenvalue weighted by Crippen LogP contribution is 2.22. The third kappa shape index (κ3) is 4.29. The Labute approximate surface area is 159 Å². The summed E-state index contributed by atoms with van der Waals surface area (Å²) in [6.45, 7) is 5.12. The summed E-state index contributed by atoms with van der Waals surface area (Å²) in [5, 5.41) is 12.5. The van der Waals surface area contributed by atoms with Gasteiger partial charge in [-0.25, -0.2) is 4.98 Å². The molecule has 0 amide bonds. The number of benzene rings is 1. The summed E-state index contributed by atoms with van der Waals surface area (Å²) in [6.07, 6.45) is 3.93. The normalized spacial score (nSPS) is 18.2. The lowest BCUT2D eigenvalue weighted by molar-refractivity contribution is 0.122. The minimum atomic E-state index is 0.409. The number of morpholine rings is 1. The van der Waals surface area contributed by atoms with Crippen LogP contribution in [0.25, 0.3) is 0 Å². The fourth-order valence-corrected chi connectivity index (χ4v) is 3.58. The number of hydrogen-bond acceptors (Lipinski definition) is 7. The molecule has 1 aromatic heterocycles. The molecule has 2 fully saturated rings. The molecule has 0 aliphatic carbocycles. The number of ether oxygens (including phenoxy) is 1. The van der Waals surface area contributed by atoms with Gasteiger partial charge in [-0.2, -0.15) is 10.2 Å². The maximum Gasteiger partial charge on any atom is 0.227 e. The Morgan fingerprint density at radius 1 is 1.00 bits per heavy atom. The molecule has 2 aliphatic heterocycles. The first-order chi connectivity index (χ1) is 13.3. The van der Waals surface area contributed by atoms with Crippen LogP contribution in [-0.2, 0) is 4.74 Å². The maximum absolute atomic E-state index is 8.92. The molecule has 1 N–H and O–H groups in total. The molecule has 4 rings (SSSR count). The molecule has 27 heavy (non-hydrogen) atoms. The fraction of sp³-hybridized carbons (Fsp3) is 0.450. The van der Waals surface area contributed by atoms with E-state index in [0.717, 1.165) is 64.0 Å². The van der Waals surface area contributed by atoms with Crippen molar-refractivity contribution in [2.24, 2.45) is 0 Å². The van der Waals surface area contributed by atoms with Crippen molar-refractivity contribution >= 4 is 17.5 Å². The molecule has 3 heterocycles. The second-order valence-electron chi connectivity index (χ2n) is 6.91. The van der Waals surface area contributed by atoms with E-state index in [9.17, 15) is 0 Å². The Morgan fingerprint density at radius 2 is 1.74 bits per heavy atom. The molecule has 2 saturated heterocycles. The predicted molar refractivity (Wildman–Crippen MR) is 105 cm³/mol. The summed E-state index contributed by atoms with van der Waals surface area (Å²) in [6, 6.07) is 12.4. The van der Waals surface area contributed by atoms with E-state index in [0.29, 0.717) is 11.6 Å². The van der Waals surface area contributed by atoms with Gasteiger partial charge < -0.3 is 19.9 Å². The standard InChI is InChI=1S/C20H24N6O/c21-15-16-1-3-18(4-2-16)25-9-6-17(7-10-25)23-19-5-8-22-20(24-19)26-11-13-27-14-12-26/h1-5,8,17H,6-7,9-14H2,(H,22,23,24). The van der Waals surface area contributed by atoms with E-state index in [-0.39, 0.29) is 0 Å². The third-order valence-electron chi connectivity index (χ3n) is 5.15. The van der Waals surface area contributed by atoms with E-state index in [2.05, 4.69) is 26.2 Å². The number of piperidine rings is 1. The summed E-state index contributed by atoms with van der Waals surface area (Å²) in [4.78, 5) is 13.6. The molecule has 0 bridgehead atoms. The average molecular weight is 364 g/mol. The molecular weight excluding hydrogens is 340 g/mol. The van der Waals surface area contributed by atoms with E-state index in [1.165, 1.54) is 5.69 Å². The quantitative estimate of drug-likeness (QED) is 0.892. The zero-order valence-corrected chi connectivity index (χ0v) is 15.3. The van der Waals surface area contributed by atoms with Crippen molar-refractivity contribution < 1.29 is 4.74 Å². The molecule has 7 nitrogen and oxygen atoms in total. The molecule has 2 aliphatic rings. The van der Waals surface area contributed by atoms with Crippen LogP contribution in [0.3, 0.4) is 0 Å². The van der Waals surface area contributed by atoms with E-state index in [1.807, 2.05) is 36.5 Å². The Hall–Kier alpha value is -2.85. The topological polar surface area (TPSA) is 77.3 Å². The van der Waals surface area contributed by atoms with E-state index < -0.39 is 0 Å². The largest absolute Gasteiger partial charge is 0.378 e. The monoisotopic (exact) mass is 364 g/mol. The highest BCUT2D eigenvalue weighted by molar-refractivity contribution is 5.50. The Balaban J connectivity index is 1.33. The molecule has 0 atom stereocenters. The number of aromatic nitrogens is 2. The van der Waals surface area contributed by atoms with Crippen molar-refractivity contribution in [1.82, 2.24) is 9.97 Å². The van der Waals surface area contributed by atoms with Crippen molar-refractivity contribution in [3.63, 3.8) is 0 Å². The van der Waals surface area contributed by atoms with Gasteiger partial charge in [-0.1, -0.05) is 0 Å². The molecule has 7 heteroatoms. The molecule has 140 valence electrons. The van der Waals surface area contributed by atoms with Crippen LogP contribution in [-0.4, -0.2) is 55.4 Å². The lowest BCUT2D eigenvalue weighted by atomic mass is 10.0. The van der Waals surface area contributed by atoms with Crippen molar-refractivity contribution in [1.29, 1.82) is 5.26 Å². The van der Waals surface area contributed by atoms with Gasteiger partial charge in [0.2, 0.25) is 5.95 Å². The molecule has 1 aromatic carbocycles. The first-order valence-electron chi connectivity index (χ1n) is 9.49.